The zero-order valence-electron chi connectivity index (χ0n) is 25.6. The number of nitrogens with one attached hydrogen (secondary N) is 2. The lowest BCUT2D eigenvalue weighted by Gasteiger charge is -2.49. The molecule has 46 heavy (non-hydrogen) atoms. The highest BCUT2D eigenvalue weighted by atomic mass is 32.1. The van der Waals surface area contributed by atoms with Crippen LogP contribution in [0, 0.1) is 6.92 Å². The summed E-state index contributed by atoms with van der Waals surface area (Å²) in [6.45, 7) is 4.09. The molecule has 2 aliphatic heterocycles. The normalized spacial score (nSPS) is 18.7. The number of aryl methyl sites for hydroxylation is 1. The van der Waals surface area contributed by atoms with Crippen LogP contribution in [0.2, 0.25) is 0 Å². The molecule has 4 N–H and O–H groups in total. The summed E-state index contributed by atoms with van der Waals surface area (Å²) < 4.78 is 34.8. The smallest absolute Gasteiger partial charge is 0.373 e. The minimum absolute atomic E-state index is 0.0487. The molecule has 12 heteroatoms. The minimum Gasteiger partial charge on any atom is -0.506 e. The number of likely N-dealkylation sites (tertiary alicyclic amines) is 1. The van der Waals surface area contributed by atoms with Gasteiger partial charge in [0, 0.05) is 42.5 Å². The van der Waals surface area contributed by atoms with E-state index in [1.807, 2.05) is 19.1 Å². The Kier molecular flexibility index (Phi) is 9.26. The zero-order valence-corrected chi connectivity index (χ0v) is 26.4. The number of fused-ring (bicyclic) bond motifs is 1. The van der Waals surface area contributed by atoms with Crippen LogP contribution >= 0.6 is 11.3 Å². The van der Waals surface area contributed by atoms with Crippen LogP contribution in [0.1, 0.15) is 50.2 Å². The van der Waals surface area contributed by atoms with Crippen LogP contribution in [0.15, 0.2) is 65.5 Å². The van der Waals surface area contributed by atoms with Gasteiger partial charge in [0.25, 0.3) is 5.91 Å². The highest BCUT2D eigenvalue weighted by molar-refractivity contribution is 7.13. The highest BCUT2D eigenvalue weighted by Crippen LogP contribution is 2.39. The zero-order chi connectivity index (χ0) is 32.5. The Balaban J connectivity index is 0.997. The Hall–Kier alpha value is -3.68. The van der Waals surface area contributed by atoms with Crippen LogP contribution in [-0.2, 0) is 17.7 Å². The van der Waals surface area contributed by atoms with E-state index in [4.69, 9.17) is 4.74 Å². The van der Waals surface area contributed by atoms with Gasteiger partial charge in [0.15, 0.2) is 0 Å². The Bertz CT molecular complexity index is 1770. The number of aromatic amines is 1. The Morgan fingerprint density at radius 2 is 1.87 bits per heavy atom. The number of amides is 1. The number of alkyl halides is 2. The number of nitrogens with zero attached hydrogens (tertiary/aromatic N) is 2. The van der Waals surface area contributed by atoms with Crippen molar-refractivity contribution in [1.82, 2.24) is 20.1 Å². The van der Waals surface area contributed by atoms with Crippen LogP contribution in [0.3, 0.4) is 0 Å². The van der Waals surface area contributed by atoms with Crippen LogP contribution in [-0.4, -0.2) is 81.9 Å². The standard InChI is InChI=1S/C34H38F2N4O5S/c1-22-5-9-29(46-22)32(44)40-20-33(45-34(35,36)21-40)12-15-39(16-13-33)19-24-4-2-3-23(17-24)11-14-37-18-28(42)25-6-8-27(41)31-26(25)7-10-30(43)38-31/h2-10,17,28,37,41-42H,11-16,18-21H2,1H3,(H,38,43)/t28-/m0/s1. The molecule has 2 fully saturated rings. The lowest BCUT2D eigenvalue weighted by Crippen LogP contribution is -2.62. The number of carbonyl (C=O) groups is 1. The van der Waals surface area contributed by atoms with Crippen molar-refractivity contribution in [2.75, 3.05) is 39.3 Å². The number of phenols is 1. The fraction of sp³-hybridized carbons (Fsp3) is 0.412. The Morgan fingerprint density at radius 1 is 1.09 bits per heavy atom. The van der Waals surface area contributed by atoms with Crippen molar-refractivity contribution in [3.05, 3.63) is 97.5 Å². The third-order valence-corrected chi connectivity index (χ3v) is 9.81. The average molecular weight is 653 g/mol. The first-order chi connectivity index (χ1) is 22.0. The molecule has 1 atom stereocenters. The monoisotopic (exact) mass is 652 g/mol. The van der Waals surface area contributed by atoms with Crippen molar-refractivity contribution in [3.63, 3.8) is 0 Å². The minimum atomic E-state index is -3.39. The van der Waals surface area contributed by atoms with E-state index in [2.05, 4.69) is 33.4 Å². The van der Waals surface area contributed by atoms with E-state index in [0.717, 1.165) is 22.4 Å². The molecule has 2 saturated heterocycles. The predicted octanol–water partition coefficient (Wildman–Crippen LogP) is 4.57. The van der Waals surface area contributed by atoms with Gasteiger partial charge in [0.05, 0.1) is 28.6 Å². The number of benzene rings is 2. The quantitative estimate of drug-likeness (QED) is 0.196. The highest BCUT2D eigenvalue weighted by Gasteiger charge is 2.52. The molecule has 244 valence electrons. The molecule has 0 bridgehead atoms. The molecule has 0 aliphatic carbocycles. The topological polar surface area (TPSA) is 118 Å². The summed E-state index contributed by atoms with van der Waals surface area (Å²) >= 11 is 1.32. The summed E-state index contributed by atoms with van der Waals surface area (Å²) in [4.78, 5) is 32.2. The van der Waals surface area contributed by atoms with E-state index in [9.17, 15) is 28.6 Å². The molecule has 6 rings (SSSR count). The van der Waals surface area contributed by atoms with Gasteiger partial charge in [0.1, 0.15) is 12.3 Å². The molecule has 0 unspecified atom stereocenters. The summed E-state index contributed by atoms with van der Waals surface area (Å²) in [6.07, 6.45) is -2.66. The number of aromatic nitrogens is 1. The first kappa shape index (κ1) is 32.3. The molecule has 2 aromatic heterocycles. The van der Waals surface area contributed by atoms with Crippen molar-refractivity contribution in [2.24, 2.45) is 0 Å². The number of hydrogen-bond acceptors (Lipinski definition) is 8. The molecule has 1 spiro atoms. The van der Waals surface area contributed by atoms with Gasteiger partial charge in [0.2, 0.25) is 5.56 Å². The van der Waals surface area contributed by atoms with Crippen LogP contribution < -0.4 is 10.9 Å². The van der Waals surface area contributed by atoms with Crippen molar-refractivity contribution < 1.29 is 28.5 Å². The third kappa shape index (κ3) is 7.31. The maximum atomic E-state index is 14.7. The second kappa shape index (κ2) is 13.2. The van der Waals surface area contributed by atoms with Gasteiger partial charge < -0.3 is 30.2 Å². The van der Waals surface area contributed by atoms with E-state index in [-0.39, 0.29) is 23.8 Å². The maximum Gasteiger partial charge on any atom is 0.373 e. The summed E-state index contributed by atoms with van der Waals surface area (Å²) in [5.41, 5.74) is 1.77. The number of morpholine rings is 1. The third-order valence-electron chi connectivity index (χ3n) is 8.82. The lowest BCUT2D eigenvalue weighted by molar-refractivity contribution is -0.332. The van der Waals surface area contributed by atoms with Crippen molar-refractivity contribution in [3.8, 4) is 5.75 Å². The molecule has 4 heterocycles. The number of aromatic hydroxyl groups is 1. The number of thiophene rings is 1. The first-order valence-corrected chi connectivity index (χ1v) is 16.3. The van der Waals surface area contributed by atoms with Gasteiger partial charge in [-0.1, -0.05) is 30.3 Å². The van der Waals surface area contributed by atoms with Crippen LogP contribution in [0.4, 0.5) is 8.78 Å². The van der Waals surface area contributed by atoms with Crippen molar-refractivity contribution in [1.29, 1.82) is 0 Å². The number of pyridine rings is 1. The number of phenolic OH excluding ortho intramolecular Hbond substituents is 1. The first-order valence-electron chi connectivity index (χ1n) is 15.5. The molecule has 0 radical (unpaired) electrons. The number of hydrogen-bond donors (Lipinski definition) is 4. The van der Waals surface area contributed by atoms with E-state index >= 15 is 0 Å². The summed E-state index contributed by atoms with van der Waals surface area (Å²) in [6, 6.07) is 17.9. The Morgan fingerprint density at radius 3 is 2.63 bits per heavy atom. The van der Waals surface area contributed by atoms with Crippen molar-refractivity contribution in [2.45, 2.75) is 50.5 Å². The summed E-state index contributed by atoms with van der Waals surface area (Å²) in [5.74, 6) is -0.414. The summed E-state index contributed by atoms with van der Waals surface area (Å²) in [5, 5.41) is 24.8. The van der Waals surface area contributed by atoms with Crippen LogP contribution in [0.5, 0.6) is 5.75 Å². The fourth-order valence-corrected chi connectivity index (χ4v) is 7.34. The number of aliphatic hydroxyl groups is 1. The molecular formula is C34H38F2N4O5S. The van der Waals surface area contributed by atoms with E-state index in [1.54, 1.807) is 18.2 Å². The summed E-state index contributed by atoms with van der Waals surface area (Å²) in [7, 11) is 0. The number of aliphatic hydroxyl groups excluding tert-OH is 1. The lowest BCUT2D eigenvalue weighted by atomic mass is 9.88. The largest absolute Gasteiger partial charge is 0.506 e. The van der Waals surface area contributed by atoms with Crippen LogP contribution in [0.25, 0.3) is 10.9 Å². The fourth-order valence-electron chi connectivity index (χ4n) is 6.51. The number of rotatable bonds is 9. The van der Waals surface area contributed by atoms with E-state index < -0.39 is 24.4 Å². The molecule has 2 aromatic carbocycles. The van der Waals surface area contributed by atoms with E-state index in [1.165, 1.54) is 28.4 Å². The number of H-pyrrole nitrogens is 1. The molecule has 1 amide bonds. The van der Waals surface area contributed by atoms with E-state index in [0.29, 0.717) is 66.9 Å². The average Bonchev–Trinajstić information content (AvgIpc) is 3.46. The molecule has 2 aliphatic rings. The molecule has 9 nitrogen and oxygen atoms in total. The van der Waals surface area contributed by atoms with Gasteiger partial charge in [-0.25, -0.2) is 0 Å². The SMILES string of the molecule is Cc1ccc(C(=O)N2CC(F)(F)OC3(CCN(Cc4cccc(CCNC[C@H](O)c5ccc(O)c6[nH]c(=O)ccc56)c4)CC3)C2)s1. The van der Waals surface area contributed by atoms with Crippen molar-refractivity contribution >= 4 is 28.1 Å². The predicted molar refractivity (Wildman–Crippen MR) is 172 cm³/mol. The van der Waals surface area contributed by atoms with Gasteiger partial charge in [-0.05, 0) is 73.7 Å². The van der Waals surface area contributed by atoms with Gasteiger partial charge >= 0.3 is 6.11 Å². The van der Waals surface area contributed by atoms with Gasteiger partial charge in [-0.2, -0.15) is 8.78 Å². The number of piperidine rings is 1. The molecule has 0 saturated carbocycles. The van der Waals surface area contributed by atoms with Gasteiger partial charge in [-0.3, -0.25) is 14.5 Å². The maximum absolute atomic E-state index is 14.7. The number of carbonyl (C=O) groups excluding carboxylic acids is 1. The molecule has 4 aromatic rings. The number of halogens is 2. The van der Waals surface area contributed by atoms with Gasteiger partial charge in [-0.15, -0.1) is 11.3 Å². The number of ether oxygens (including phenoxy) is 1. The Labute approximate surface area is 269 Å². The second-order valence-corrected chi connectivity index (χ2v) is 13.6. The molecular weight excluding hydrogens is 614 g/mol. The second-order valence-electron chi connectivity index (χ2n) is 12.3.